The number of rotatable bonds is 6. The van der Waals surface area contributed by atoms with Gasteiger partial charge in [0.2, 0.25) is 0 Å². The van der Waals surface area contributed by atoms with E-state index in [4.69, 9.17) is 4.74 Å². The Labute approximate surface area is 91.9 Å². The van der Waals surface area contributed by atoms with Crippen molar-refractivity contribution in [2.75, 3.05) is 20.3 Å². The van der Waals surface area contributed by atoms with Crippen LogP contribution >= 0.6 is 0 Å². The van der Waals surface area contributed by atoms with E-state index in [1.165, 1.54) is 5.56 Å². The van der Waals surface area contributed by atoms with Crippen molar-refractivity contribution in [3.05, 3.63) is 30.1 Å². The zero-order chi connectivity index (χ0) is 11.1. The highest BCUT2D eigenvalue weighted by Gasteiger charge is 2.15. The lowest BCUT2D eigenvalue weighted by atomic mass is 10.1. The highest BCUT2D eigenvalue weighted by molar-refractivity contribution is 5.08. The van der Waals surface area contributed by atoms with Gasteiger partial charge in [0.05, 0.1) is 6.61 Å². The van der Waals surface area contributed by atoms with Gasteiger partial charge in [0.1, 0.15) is 0 Å². The summed E-state index contributed by atoms with van der Waals surface area (Å²) in [6.07, 6.45) is 4.71. The summed E-state index contributed by atoms with van der Waals surface area (Å²) in [6.45, 7) is 5.95. The molecule has 1 N–H and O–H groups in total. The Bertz CT molecular complexity index is 272. The Hall–Kier alpha value is -0.930. The van der Waals surface area contributed by atoms with Gasteiger partial charge in [-0.2, -0.15) is 0 Å². The van der Waals surface area contributed by atoms with Crippen LogP contribution in [0.15, 0.2) is 24.5 Å². The minimum atomic E-state index is 0.0386. The van der Waals surface area contributed by atoms with Gasteiger partial charge in [0.25, 0.3) is 0 Å². The molecule has 0 saturated carbocycles. The van der Waals surface area contributed by atoms with Crippen LogP contribution in [0.25, 0.3) is 0 Å². The number of hydrogen-bond donors (Lipinski definition) is 1. The van der Waals surface area contributed by atoms with Crippen molar-refractivity contribution in [3.8, 4) is 0 Å². The lowest BCUT2D eigenvalue weighted by molar-refractivity contribution is 0.129. The van der Waals surface area contributed by atoms with Gasteiger partial charge in [-0.25, -0.2) is 0 Å². The van der Waals surface area contributed by atoms with Gasteiger partial charge in [0.15, 0.2) is 0 Å². The maximum absolute atomic E-state index is 5.13. The third-order valence-corrected chi connectivity index (χ3v) is 2.25. The van der Waals surface area contributed by atoms with Crippen LogP contribution in [0.2, 0.25) is 0 Å². The van der Waals surface area contributed by atoms with Gasteiger partial charge in [-0.1, -0.05) is 6.07 Å². The van der Waals surface area contributed by atoms with Crippen molar-refractivity contribution in [2.24, 2.45) is 0 Å². The fourth-order valence-electron chi connectivity index (χ4n) is 1.50. The number of ether oxygens (including phenoxy) is 1. The zero-order valence-electron chi connectivity index (χ0n) is 9.79. The second kappa shape index (κ2) is 5.83. The quantitative estimate of drug-likeness (QED) is 0.771. The average Bonchev–Trinajstić information content (AvgIpc) is 2.19. The first kappa shape index (κ1) is 12.1. The molecule has 0 aliphatic carbocycles. The summed E-state index contributed by atoms with van der Waals surface area (Å²) in [5.41, 5.74) is 1.30. The summed E-state index contributed by atoms with van der Waals surface area (Å²) in [5.74, 6) is 0. The molecule has 3 nitrogen and oxygen atoms in total. The summed E-state index contributed by atoms with van der Waals surface area (Å²) < 4.78 is 5.13. The molecule has 0 aromatic carbocycles. The molecule has 1 rings (SSSR count). The average molecular weight is 208 g/mol. The smallest absolute Gasteiger partial charge is 0.0639 e. The molecule has 0 spiro atoms. The third-order valence-electron chi connectivity index (χ3n) is 2.25. The number of aromatic nitrogens is 1. The number of nitrogens with zero attached hydrogens (tertiary/aromatic N) is 1. The molecule has 1 aromatic heterocycles. The molecule has 1 heterocycles. The van der Waals surface area contributed by atoms with Gasteiger partial charge in [-0.3, -0.25) is 4.98 Å². The van der Waals surface area contributed by atoms with Gasteiger partial charge in [-0.15, -0.1) is 0 Å². The molecule has 0 fully saturated rings. The third kappa shape index (κ3) is 4.91. The molecule has 0 atom stereocenters. The first-order chi connectivity index (χ1) is 7.14. The molecule has 84 valence electrons. The van der Waals surface area contributed by atoms with Crippen LogP contribution in [0.5, 0.6) is 0 Å². The largest absolute Gasteiger partial charge is 0.383 e. The summed E-state index contributed by atoms with van der Waals surface area (Å²) in [5, 5.41) is 3.46. The first-order valence-corrected chi connectivity index (χ1v) is 5.27. The van der Waals surface area contributed by atoms with E-state index in [0.717, 1.165) is 19.6 Å². The van der Waals surface area contributed by atoms with E-state index in [1.54, 1.807) is 13.3 Å². The molecule has 0 bridgehead atoms. The van der Waals surface area contributed by atoms with Crippen LogP contribution in [0.3, 0.4) is 0 Å². The van der Waals surface area contributed by atoms with E-state index in [9.17, 15) is 0 Å². The van der Waals surface area contributed by atoms with Crippen LogP contribution in [-0.2, 0) is 11.2 Å². The summed E-state index contributed by atoms with van der Waals surface area (Å²) >= 11 is 0. The van der Waals surface area contributed by atoms with E-state index in [2.05, 4.69) is 30.2 Å². The van der Waals surface area contributed by atoms with Crippen molar-refractivity contribution < 1.29 is 4.74 Å². The summed E-state index contributed by atoms with van der Waals surface area (Å²) in [4.78, 5) is 4.08. The van der Waals surface area contributed by atoms with Crippen molar-refractivity contribution in [3.63, 3.8) is 0 Å². The maximum atomic E-state index is 5.13. The fraction of sp³-hybridized carbons (Fsp3) is 0.583. The zero-order valence-corrected chi connectivity index (χ0v) is 9.79. The molecule has 0 radical (unpaired) electrons. The fourth-order valence-corrected chi connectivity index (χ4v) is 1.50. The molecule has 15 heavy (non-hydrogen) atoms. The van der Waals surface area contributed by atoms with E-state index < -0.39 is 0 Å². The number of hydrogen-bond acceptors (Lipinski definition) is 3. The predicted octanol–water partition coefficient (Wildman–Crippen LogP) is 1.64. The maximum Gasteiger partial charge on any atom is 0.0639 e. The van der Waals surface area contributed by atoms with Crippen LogP contribution < -0.4 is 5.32 Å². The van der Waals surface area contributed by atoms with E-state index in [1.807, 2.05) is 12.3 Å². The SMILES string of the molecule is COCC(C)(C)NCCc1cccnc1. The van der Waals surface area contributed by atoms with Crippen molar-refractivity contribution in [1.82, 2.24) is 10.3 Å². The Morgan fingerprint density at radius 1 is 1.47 bits per heavy atom. The van der Waals surface area contributed by atoms with Crippen molar-refractivity contribution >= 4 is 0 Å². The lowest BCUT2D eigenvalue weighted by Crippen LogP contribution is -2.44. The standard InChI is InChI=1S/C12H20N2O/c1-12(2,10-15-3)14-8-6-11-5-4-7-13-9-11/h4-5,7,9,14H,6,8,10H2,1-3H3. The molecule has 3 heteroatoms. The highest BCUT2D eigenvalue weighted by atomic mass is 16.5. The van der Waals surface area contributed by atoms with Crippen LogP contribution in [-0.4, -0.2) is 30.8 Å². The van der Waals surface area contributed by atoms with Gasteiger partial charge in [-0.05, 0) is 38.4 Å². The molecule has 0 saturated heterocycles. The molecular weight excluding hydrogens is 188 g/mol. The van der Waals surface area contributed by atoms with Crippen LogP contribution in [0.1, 0.15) is 19.4 Å². The lowest BCUT2D eigenvalue weighted by Gasteiger charge is -2.25. The first-order valence-electron chi connectivity index (χ1n) is 5.27. The second-order valence-electron chi connectivity index (χ2n) is 4.35. The predicted molar refractivity (Wildman–Crippen MR) is 61.9 cm³/mol. The molecule has 1 aromatic rings. The minimum Gasteiger partial charge on any atom is -0.383 e. The monoisotopic (exact) mass is 208 g/mol. The number of methoxy groups -OCH3 is 1. The Balaban J connectivity index is 2.27. The molecular formula is C12H20N2O. The Kier molecular flexibility index (Phi) is 4.72. The molecule has 0 amide bonds. The van der Waals surface area contributed by atoms with E-state index >= 15 is 0 Å². The van der Waals surface area contributed by atoms with Gasteiger partial charge >= 0.3 is 0 Å². The number of pyridine rings is 1. The van der Waals surface area contributed by atoms with E-state index in [0.29, 0.717) is 0 Å². The number of nitrogens with one attached hydrogen (secondary N) is 1. The van der Waals surface area contributed by atoms with Crippen LogP contribution in [0.4, 0.5) is 0 Å². The van der Waals surface area contributed by atoms with Gasteiger partial charge in [0, 0.05) is 25.0 Å². The topological polar surface area (TPSA) is 34.1 Å². The second-order valence-corrected chi connectivity index (χ2v) is 4.35. The highest BCUT2D eigenvalue weighted by Crippen LogP contribution is 2.03. The Morgan fingerprint density at radius 3 is 2.87 bits per heavy atom. The van der Waals surface area contributed by atoms with Crippen molar-refractivity contribution in [2.45, 2.75) is 25.8 Å². The Morgan fingerprint density at radius 2 is 2.27 bits per heavy atom. The van der Waals surface area contributed by atoms with Crippen molar-refractivity contribution in [1.29, 1.82) is 0 Å². The molecule has 0 unspecified atom stereocenters. The summed E-state index contributed by atoms with van der Waals surface area (Å²) in [7, 11) is 1.73. The summed E-state index contributed by atoms with van der Waals surface area (Å²) in [6, 6.07) is 4.06. The molecule has 0 aliphatic heterocycles. The normalized spacial score (nSPS) is 11.7. The minimum absolute atomic E-state index is 0.0386. The van der Waals surface area contributed by atoms with Gasteiger partial charge < -0.3 is 10.1 Å². The van der Waals surface area contributed by atoms with E-state index in [-0.39, 0.29) is 5.54 Å². The van der Waals surface area contributed by atoms with Crippen LogP contribution in [0, 0.1) is 0 Å². The molecule has 0 aliphatic rings.